The first kappa shape index (κ1) is 14.5. The molecule has 4 nitrogen and oxygen atoms in total. The second-order valence-corrected chi connectivity index (χ2v) is 5.74. The van der Waals surface area contributed by atoms with Crippen molar-refractivity contribution in [3.63, 3.8) is 0 Å². The fourth-order valence-electron chi connectivity index (χ4n) is 1.61. The van der Waals surface area contributed by atoms with Gasteiger partial charge < -0.3 is 10.1 Å². The normalized spacial score (nSPS) is 11.3. The molecule has 0 aliphatic carbocycles. The second-order valence-electron chi connectivity index (χ2n) is 5.74. The second kappa shape index (κ2) is 6.48. The van der Waals surface area contributed by atoms with Crippen LogP contribution in [-0.4, -0.2) is 15.7 Å². The van der Waals surface area contributed by atoms with Crippen LogP contribution in [0.1, 0.15) is 32.0 Å². The molecule has 1 aromatic carbocycles. The average molecular weight is 271 g/mol. The maximum absolute atomic E-state index is 5.60. The first-order valence-corrected chi connectivity index (χ1v) is 6.77. The van der Waals surface area contributed by atoms with Gasteiger partial charge in [-0.2, -0.15) is 5.10 Å². The van der Waals surface area contributed by atoms with E-state index in [1.165, 1.54) is 0 Å². The Hall–Kier alpha value is -1.94. The number of hydrogen-bond acceptors (Lipinski definition) is 4. The maximum Gasteiger partial charge on any atom is 0.233 e. The molecule has 0 atom stereocenters. The molecule has 0 aliphatic heterocycles. The summed E-state index contributed by atoms with van der Waals surface area (Å²) in [7, 11) is 0. The molecule has 20 heavy (non-hydrogen) atoms. The third-order valence-corrected chi connectivity index (χ3v) is 2.72. The Balaban J connectivity index is 1.85. The average Bonchev–Trinajstić information content (AvgIpc) is 2.44. The minimum atomic E-state index is 0.0736. The molecule has 0 fully saturated rings. The highest BCUT2D eigenvalue weighted by atomic mass is 16.5. The topological polar surface area (TPSA) is 47.0 Å². The van der Waals surface area contributed by atoms with Crippen molar-refractivity contribution in [1.82, 2.24) is 15.5 Å². The first-order valence-electron chi connectivity index (χ1n) is 6.77. The van der Waals surface area contributed by atoms with Gasteiger partial charge in [0.25, 0.3) is 0 Å². The van der Waals surface area contributed by atoms with Gasteiger partial charge in [-0.05, 0) is 32.4 Å². The third kappa shape index (κ3) is 4.97. The van der Waals surface area contributed by atoms with Crippen LogP contribution in [0.4, 0.5) is 0 Å². The van der Waals surface area contributed by atoms with Gasteiger partial charge in [0.15, 0.2) is 0 Å². The van der Waals surface area contributed by atoms with Crippen molar-refractivity contribution in [2.45, 2.75) is 39.5 Å². The van der Waals surface area contributed by atoms with Crippen molar-refractivity contribution in [1.29, 1.82) is 0 Å². The van der Waals surface area contributed by atoms with Crippen LogP contribution in [0.2, 0.25) is 0 Å². The quantitative estimate of drug-likeness (QED) is 0.908. The molecule has 0 aliphatic rings. The predicted molar refractivity (Wildman–Crippen MR) is 79.4 cm³/mol. The van der Waals surface area contributed by atoms with E-state index in [0.29, 0.717) is 19.0 Å². The van der Waals surface area contributed by atoms with Gasteiger partial charge in [-0.25, -0.2) is 0 Å². The van der Waals surface area contributed by atoms with E-state index in [4.69, 9.17) is 4.74 Å². The van der Waals surface area contributed by atoms with Crippen LogP contribution in [0.25, 0.3) is 0 Å². The van der Waals surface area contributed by atoms with Gasteiger partial charge in [0.2, 0.25) is 5.88 Å². The SMILES string of the molecule is CC(C)(C)NCc1ccc(OCc2ccccc2)nn1. The molecule has 2 rings (SSSR count). The summed E-state index contributed by atoms with van der Waals surface area (Å²) < 4.78 is 5.60. The zero-order valence-electron chi connectivity index (χ0n) is 12.3. The molecule has 0 spiro atoms. The lowest BCUT2D eigenvalue weighted by Gasteiger charge is -2.19. The van der Waals surface area contributed by atoms with Crippen LogP contribution in [0.3, 0.4) is 0 Å². The van der Waals surface area contributed by atoms with Crippen molar-refractivity contribution in [2.75, 3.05) is 0 Å². The Morgan fingerprint density at radius 2 is 1.75 bits per heavy atom. The summed E-state index contributed by atoms with van der Waals surface area (Å²) in [6.07, 6.45) is 0. The number of benzene rings is 1. The van der Waals surface area contributed by atoms with Crippen LogP contribution in [0.15, 0.2) is 42.5 Å². The first-order chi connectivity index (χ1) is 9.53. The molecule has 0 unspecified atom stereocenters. The fraction of sp³-hybridized carbons (Fsp3) is 0.375. The molecular weight excluding hydrogens is 250 g/mol. The summed E-state index contributed by atoms with van der Waals surface area (Å²) in [5.74, 6) is 0.549. The zero-order chi connectivity index (χ0) is 14.4. The predicted octanol–water partition coefficient (Wildman–Crippen LogP) is 2.94. The van der Waals surface area contributed by atoms with Gasteiger partial charge in [0, 0.05) is 18.2 Å². The number of nitrogens with zero attached hydrogens (tertiary/aromatic N) is 2. The third-order valence-electron chi connectivity index (χ3n) is 2.72. The molecular formula is C16H21N3O. The van der Waals surface area contributed by atoms with Crippen molar-refractivity contribution in [3.05, 3.63) is 53.7 Å². The van der Waals surface area contributed by atoms with Crippen LogP contribution in [-0.2, 0) is 13.2 Å². The number of nitrogens with one attached hydrogen (secondary N) is 1. The summed E-state index contributed by atoms with van der Waals surface area (Å²) in [5, 5.41) is 11.6. The van der Waals surface area contributed by atoms with Crippen LogP contribution in [0.5, 0.6) is 5.88 Å². The molecule has 2 aromatic rings. The maximum atomic E-state index is 5.60. The molecule has 1 heterocycles. The lowest BCUT2D eigenvalue weighted by atomic mass is 10.1. The van der Waals surface area contributed by atoms with Crippen molar-refractivity contribution < 1.29 is 4.74 Å². The molecule has 0 saturated carbocycles. The minimum absolute atomic E-state index is 0.0736. The summed E-state index contributed by atoms with van der Waals surface area (Å²) in [6.45, 7) is 7.58. The standard InChI is InChI=1S/C16H21N3O/c1-16(2,3)17-11-14-9-10-15(19-18-14)20-12-13-7-5-4-6-8-13/h4-10,17H,11-12H2,1-3H3. The van der Waals surface area contributed by atoms with Crippen molar-refractivity contribution >= 4 is 0 Å². The van der Waals surface area contributed by atoms with Gasteiger partial charge in [-0.3, -0.25) is 0 Å². The van der Waals surface area contributed by atoms with E-state index < -0.39 is 0 Å². The van der Waals surface area contributed by atoms with Gasteiger partial charge >= 0.3 is 0 Å². The van der Waals surface area contributed by atoms with E-state index in [9.17, 15) is 0 Å². The van der Waals surface area contributed by atoms with E-state index >= 15 is 0 Å². The molecule has 1 N–H and O–H groups in total. The van der Waals surface area contributed by atoms with Crippen molar-refractivity contribution in [2.24, 2.45) is 0 Å². The summed E-state index contributed by atoms with van der Waals surface area (Å²) >= 11 is 0. The van der Waals surface area contributed by atoms with Crippen molar-refractivity contribution in [3.8, 4) is 5.88 Å². The Kier molecular flexibility index (Phi) is 4.69. The Bertz CT molecular complexity index is 518. The summed E-state index contributed by atoms with van der Waals surface area (Å²) in [6, 6.07) is 13.8. The Labute approximate surface area is 120 Å². The molecule has 0 saturated heterocycles. The van der Waals surface area contributed by atoms with E-state index in [-0.39, 0.29) is 5.54 Å². The number of rotatable bonds is 5. The van der Waals surface area contributed by atoms with E-state index in [2.05, 4.69) is 36.3 Å². The van der Waals surface area contributed by atoms with E-state index in [1.54, 1.807) is 0 Å². The van der Waals surface area contributed by atoms with Gasteiger partial charge in [-0.15, -0.1) is 5.10 Å². The molecule has 1 aromatic heterocycles. The van der Waals surface area contributed by atoms with E-state index in [0.717, 1.165) is 11.3 Å². The highest BCUT2D eigenvalue weighted by molar-refractivity contribution is 5.16. The lowest BCUT2D eigenvalue weighted by Crippen LogP contribution is -2.35. The van der Waals surface area contributed by atoms with Crippen LogP contribution in [0, 0.1) is 0 Å². The van der Waals surface area contributed by atoms with Gasteiger partial charge in [0.05, 0.1) is 5.69 Å². The molecule has 0 bridgehead atoms. The summed E-state index contributed by atoms with van der Waals surface area (Å²) in [4.78, 5) is 0. The van der Waals surface area contributed by atoms with Crippen LogP contribution >= 0.6 is 0 Å². The molecule has 106 valence electrons. The lowest BCUT2D eigenvalue weighted by molar-refractivity contribution is 0.289. The fourth-order valence-corrected chi connectivity index (χ4v) is 1.61. The Morgan fingerprint density at radius 1 is 1.00 bits per heavy atom. The number of hydrogen-bond donors (Lipinski definition) is 1. The highest BCUT2D eigenvalue weighted by Gasteiger charge is 2.09. The van der Waals surface area contributed by atoms with Crippen LogP contribution < -0.4 is 10.1 Å². The van der Waals surface area contributed by atoms with Gasteiger partial charge in [0.1, 0.15) is 6.61 Å². The smallest absolute Gasteiger partial charge is 0.233 e. The van der Waals surface area contributed by atoms with E-state index in [1.807, 2.05) is 42.5 Å². The highest BCUT2D eigenvalue weighted by Crippen LogP contribution is 2.09. The molecule has 0 radical (unpaired) electrons. The number of ether oxygens (including phenoxy) is 1. The monoisotopic (exact) mass is 271 g/mol. The summed E-state index contributed by atoms with van der Waals surface area (Å²) in [5.41, 5.74) is 2.10. The minimum Gasteiger partial charge on any atom is -0.472 e. The number of aromatic nitrogens is 2. The largest absolute Gasteiger partial charge is 0.472 e. The van der Waals surface area contributed by atoms with Gasteiger partial charge in [-0.1, -0.05) is 30.3 Å². The molecule has 0 amide bonds. The zero-order valence-corrected chi connectivity index (χ0v) is 12.3. The Morgan fingerprint density at radius 3 is 2.35 bits per heavy atom. The molecule has 4 heteroatoms.